The first-order valence-corrected chi connectivity index (χ1v) is 8.39. The lowest BCUT2D eigenvalue weighted by molar-refractivity contribution is 0.411. The van der Waals surface area contributed by atoms with E-state index in [2.05, 4.69) is 76.4 Å². The van der Waals surface area contributed by atoms with Crippen molar-refractivity contribution in [3.63, 3.8) is 0 Å². The Labute approximate surface area is 147 Å². The predicted octanol–water partition coefficient (Wildman–Crippen LogP) is 5.06. The summed E-state index contributed by atoms with van der Waals surface area (Å²) in [5, 5.41) is 0. The molecule has 0 saturated carbocycles. The van der Waals surface area contributed by atoms with Crippen molar-refractivity contribution in [2.45, 2.75) is 12.8 Å². The topological polar surface area (TPSA) is 18.5 Å². The maximum Gasteiger partial charge on any atom is 0.132 e. The van der Waals surface area contributed by atoms with Gasteiger partial charge in [-0.25, -0.2) is 0 Å². The van der Waals surface area contributed by atoms with Gasteiger partial charge in [-0.05, 0) is 80.6 Å². The molecule has 4 heteroatoms. The third kappa shape index (κ3) is 3.39. The minimum absolute atomic E-state index is 0.342. The van der Waals surface area contributed by atoms with E-state index in [1.165, 1.54) is 11.1 Å². The first-order chi connectivity index (χ1) is 9.56. The highest BCUT2D eigenvalue weighted by Crippen LogP contribution is 2.32. The van der Waals surface area contributed by atoms with Crippen LogP contribution in [0.5, 0.6) is 11.5 Å². The Bertz CT molecular complexity index is 558. The van der Waals surface area contributed by atoms with Gasteiger partial charge in [-0.15, -0.1) is 0 Å². The number of hydrogen-bond donors (Lipinski definition) is 0. The van der Waals surface area contributed by atoms with Gasteiger partial charge in [0.1, 0.15) is 11.5 Å². The molecule has 0 saturated heterocycles. The summed E-state index contributed by atoms with van der Waals surface area (Å²) in [5.74, 6) is 2.19. The molecule has 0 spiro atoms. The van der Waals surface area contributed by atoms with Crippen LogP contribution in [0.2, 0.25) is 0 Å². The van der Waals surface area contributed by atoms with E-state index in [0.29, 0.717) is 5.92 Å². The minimum atomic E-state index is 0.342. The van der Waals surface area contributed by atoms with Gasteiger partial charge in [0.15, 0.2) is 0 Å². The number of benzene rings is 2. The average Bonchev–Trinajstić information content (AvgIpc) is 2.46. The number of ether oxygens (including phenoxy) is 2. The van der Waals surface area contributed by atoms with Crippen LogP contribution in [0.15, 0.2) is 36.4 Å². The zero-order chi connectivity index (χ0) is 14.7. The second-order valence-corrected chi connectivity index (χ2v) is 6.83. The lowest BCUT2D eigenvalue weighted by Crippen LogP contribution is -1.99. The molecule has 0 aliphatic heterocycles. The number of hydrogen-bond acceptors (Lipinski definition) is 2. The van der Waals surface area contributed by atoms with Gasteiger partial charge in [0, 0.05) is 5.92 Å². The molecule has 106 valence electrons. The van der Waals surface area contributed by atoms with Crippen molar-refractivity contribution in [2.75, 3.05) is 14.2 Å². The van der Waals surface area contributed by atoms with Crippen LogP contribution in [0.3, 0.4) is 0 Å². The Hall–Kier alpha value is -0.500. The van der Waals surface area contributed by atoms with E-state index >= 15 is 0 Å². The van der Waals surface area contributed by atoms with Crippen molar-refractivity contribution < 1.29 is 9.47 Å². The van der Waals surface area contributed by atoms with Gasteiger partial charge in [0.25, 0.3) is 0 Å². The summed E-state index contributed by atoms with van der Waals surface area (Å²) >= 11 is 4.62. The van der Waals surface area contributed by atoms with Gasteiger partial charge in [-0.2, -0.15) is 0 Å². The van der Waals surface area contributed by atoms with Crippen LogP contribution in [-0.4, -0.2) is 14.2 Å². The quantitative estimate of drug-likeness (QED) is 0.554. The highest BCUT2D eigenvalue weighted by atomic mass is 127. The Morgan fingerprint density at radius 1 is 0.800 bits per heavy atom. The van der Waals surface area contributed by atoms with Crippen molar-refractivity contribution in [2.24, 2.45) is 0 Å². The average molecular weight is 494 g/mol. The van der Waals surface area contributed by atoms with E-state index in [-0.39, 0.29) is 0 Å². The maximum atomic E-state index is 5.31. The van der Waals surface area contributed by atoms with E-state index in [4.69, 9.17) is 9.47 Å². The second-order valence-electron chi connectivity index (χ2n) is 4.51. The molecule has 0 N–H and O–H groups in total. The molecule has 0 atom stereocenters. The Morgan fingerprint density at radius 2 is 1.20 bits per heavy atom. The van der Waals surface area contributed by atoms with Crippen LogP contribution in [-0.2, 0) is 0 Å². The van der Waals surface area contributed by atoms with Crippen LogP contribution in [0.1, 0.15) is 24.0 Å². The Balaban J connectivity index is 2.33. The third-order valence-corrected chi connectivity index (χ3v) is 5.04. The molecule has 2 aromatic rings. The molecule has 0 fully saturated rings. The Morgan fingerprint density at radius 3 is 1.50 bits per heavy atom. The van der Waals surface area contributed by atoms with Crippen molar-refractivity contribution in [1.29, 1.82) is 0 Å². The summed E-state index contributed by atoms with van der Waals surface area (Å²) in [4.78, 5) is 0. The number of rotatable bonds is 4. The van der Waals surface area contributed by atoms with E-state index in [1.54, 1.807) is 14.2 Å². The largest absolute Gasteiger partial charge is 0.496 e. The van der Waals surface area contributed by atoms with Crippen molar-refractivity contribution in [1.82, 2.24) is 0 Å². The fourth-order valence-corrected chi connectivity index (χ4v) is 3.62. The van der Waals surface area contributed by atoms with Gasteiger partial charge >= 0.3 is 0 Å². The fourth-order valence-electron chi connectivity index (χ4n) is 2.10. The molecule has 0 radical (unpaired) electrons. The van der Waals surface area contributed by atoms with Crippen LogP contribution in [0, 0.1) is 7.14 Å². The van der Waals surface area contributed by atoms with E-state index < -0.39 is 0 Å². The zero-order valence-electron chi connectivity index (χ0n) is 11.6. The summed E-state index contributed by atoms with van der Waals surface area (Å²) in [6.07, 6.45) is 0. The first kappa shape index (κ1) is 15.9. The lowest BCUT2D eigenvalue weighted by Gasteiger charge is -2.15. The van der Waals surface area contributed by atoms with Crippen molar-refractivity contribution in [3.05, 3.63) is 54.7 Å². The number of halogens is 2. The summed E-state index contributed by atoms with van der Waals surface area (Å²) in [6.45, 7) is 2.22. The predicted molar refractivity (Wildman–Crippen MR) is 98.9 cm³/mol. The van der Waals surface area contributed by atoms with Gasteiger partial charge in [0.2, 0.25) is 0 Å². The smallest absolute Gasteiger partial charge is 0.132 e. The molecular weight excluding hydrogens is 478 g/mol. The standard InChI is InChI=1S/C16H16I2O2/c1-10(11-4-6-15(19-2)13(17)8-11)12-5-7-16(20-3)14(18)9-12/h4-10H,1-3H3. The molecule has 0 bridgehead atoms. The van der Waals surface area contributed by atoms with Crippen LogP contribution in [0.25, 0.3) is 0 Å². The molecule has 0 aliphatic carbocycles. The Kier molecular flexibility index (Phi) is 5.54. The summed E-state index contributed by atoms with van der Waals surface area (Å²) in [5.41, 5.74) is 2.58. The van der Waals surface area contributed by atoms with E-state index in [9.17, 15) is 0 Å². The molecule has 20 heavy (non-hydrogen) atoms. The molecular formula is C16H16I2O2. The summed E-state index contributed by atoms with van der Waals surface area (Å²) in [6, 6.07) is 12.7. The zero-order valence-corrected chi connectivity index (χ0v) is 15.9. The minimum Gasteiger partial charge on any atom is -0.496 e. The SMILES string of the molecule is COc1ccc(C(C)c2ccc(OC)c(I)c2)cc1I. The van der Waals surface area contributed by atoms with Gasteiger partial charge in [-0.3, -0.25) is 0 Å². The van der Waals surface area contributed by atoms with Crippen molar-refractivity contribution in [3.8, 4) is 11.5 Å². The monoisotopic (exact) mass is 494 g/mol. The summed E-state index contributed by atoms with van der Waals surface area (Å²) < 4.78 is 12.9. The van der Waals surface area contributed by atoms with Crippen LogP contribution >= 0.6 is 45.2 Å². The summed E-state index contributed by atoms with van der Waals surface area (Å²) in [7, 11) is 3.40. The molecule has 0 aromatic heterocycles. The number of methoxy groups -OCH3 is 2. The van der Waals surface area contributed by atoms with Gasteiger partial charge < -0.3 is 9.47 Å². The first-order valence-electron chi connectivity index (χ1n) is 6.23. The molecule has 0 amide bonds. The molecule has 0 unspecified atom stereocenters. The van der Waals surface area contributed by atoms with Crippen molar-refractivity contribution >= 4 is 45.2 Å². The van der Waals surface area contributed by atoms with E-state index in [1.807, 2.05) is 12.1 Å². The molecule has 2 nitrogen and oxygen atoms in total. The van der Waals surface area contributed by atoms with E-state index in [0.717, 1.165) is 18.6 Å². The lowest BCUT2D eigenvalue weighted by atomic mass is 9.93. The molecule has 2 rings (SSSR count). The second kappa shape index (κ2) is 6.98. The van der Waals surface area contributed by atoms with Gasteiger partial charge in [-0.1, -0.05) is 19.1 Å². The molecule has 0 aliphatic rings. The third-order valence-electron chi connectivity index (χ3n) is 3.35. The highest BCUT2D eigenvalue weighted by Gasteiger charge is 2.12. The molecule has 2 aromatic carbocycles. The van der Waals surface area contributed by atoms with Gasteiger partial charge in [0.05, 0.1) is 21.4 Å². The maximum absolute atomic E-state index is 5.31. The normalized spacial score (nSPS) is 10.7. The highest BCUT2D eigenvalue weighted by molar-refractivity contribution is 14.1. The fraction of sp³-hybridized carbons (Fsp3) is 0.250. The molecule has 0 heterocycles. The van der Waals surface area contributed by atoms with Crippen LogP contribution < -0.4 is 9.47 Å². The van der Waals surface area contributed by atoms with Crippen LogP contribution in [0.4, 0.5) is 0 Å².